The molecule has 84 valence electrons. The van der Waals surface area contributed by atoms with Crippen molar-refractivity contribution in [2.45, 2.75) is 32.7 Å². The number of hydrogen-bond acceptors (Lipinski definition) is 5. The van der Waals surface area contributed by atoms with Gasteiger partial charge in [0.1, 0.15) is 5.82 Å². The summed E-state index contributed by atoms with van der Waals surface area (Å²) in [5.41, 5.74) is 0.177. The molecule has 5 heteroatoms. The van der Waals surface area contributed by atoms with Crippen molar-refractivity contribution in [1.82, 2.24) is 14.7 Å². The van der Waals surface area contributed by atoms with E-state index in [2.05, 4.69) is 40.3 Å². The van der Waals surface area contributed by atoms with E-state index in [1.807, 2.05) is 0 Å². The lowest BCUT2D eigenvalue weighted by Crippen LogP contribution is -2.57. The van der Waals surface area contributed by atoms with Gasteiger partial charge in [0.25, 0.3) is 0 Å². The van der Waals surface area contributed by atoms with E-state index in [1.165, 1.54) is 11.5 Å². The van der Waals surface area contributed by atoms with Gasteiger partial charge in [0.05, 0.1) is 0 Å². The lowest BCUT2D eigenvalue weighted by molar-refractivity contribution is 0.353. The van der Waals surface area contributed by atoms with Crippen LogP contribution in [0.15, 0.2) is 0 Å². The monoisotopic (exact) mass is 226 g/mol. The van der Waals surface area contributed by atoms with Gasteiger partial charge in [-0.05, 0) is 13.8 Å². The molecule has 0 saturated carbocycles. The maximum Gasteiger partial charge on any atom is 0.205 e. The molecule has 0 bridgehead atoms. The summed E-state index contributed by atoms with van der Waals surface area (Å²) < 4.78 is 4.33. The summed E-state index contributed by atoms with van der Waals surface area (Å²) in [6.45, 7) is 9.59. The van der Waals surface area contributed by atoms with E-state index in [0.717, 1.165) is 37.0 Å². The first-order valence-electron chi connectivity index (χ1n) is 5.43. The third kappa shape index (κ3) is 2.46. The molecule has 0 unspecified atom stereocenters. The number of aryl methyl sites for hydroxylation is 1. The molecule has 1 fully saturated rings. The fourth-order valence-corrected chi connectivity index (χ4v) is 2.60. The minimum atomic E-state index is 0.177. The smallest absolute Gasteiger partial charge is 0.205 e. The molecular formula is C10H18N4S. The summed E-state index contributed by atoms with van der Waals surface area (Å²) >= 11 is 1.52. The van der Waals surface area contributed by atoms with Crippen molar-refractivity contribution in [3.8, 4) is 0 Å². The van der Waals surface area contributed by atoms with E-state index in [-0.39, 0.29) is 5.54 Å². The van der Waals surface area contributed by atoms with Crippen molar-refractivity contribution in [3.63, 3.8) is 0 Å². The van der Waals surface area contributed by atoms with Crippen LogP contribution in [-0.4, -0.2) is 34.5 Å². The summed E-state index contributed by atoms with van der Waals surface area (Å²) in [6.07, 6.45) is 0.923. The van der Waals surface area contributed by atoms with Crippen molar-refractivity contribution in [1.29, 1.82) is 0 Å². The van der Waals surface area contributed by atoms with Gasteiger partial charge >= 0.3 is 0 Å². The van der Waals surface area contributed by atoms with Crippen LogP contribution >= 0.6 is 11.5 Å². The van der Waals surface area contributed by atoms with Crippen LogP contribution in [0.4, 0.5) is 5.13 Å². The average molecular weight is 226 g/mol. The van der Waals surface area contributed by atoms with Gasteiger partial charge in [0.15, 0.2) is 0 Å². The maximum atomic E-state index is 4.52. The first kappa shape index (κ1) is 10.8. The Kier molecular flexibility index (Phi) is 2.93. The number of rotatable bonds is 2. The minimum absolute atomic E-state index is 0.177. The number of piperazine rings is 1. The zero-order valence-corrected chi connectivity index (χ0v) is 10.4. The Morgan fingerprint density at radius 2 is 2.33 bits per heavy atom. The summed E-state index contributed by atoms with van der Waals surface area (Å²) in [5.74, 6) is 0.964. The Labute approximate surface area is 94.9 Å². The molecular weight excluding hydrogens is 208 g/mol. The highest BCUT2D eigenvalue weighted by Gasteiger charge is 2.27. The van der Waals surface area contributed by atoms with Crippen molar-refractivity contribution >= 4 is 16.7 Å². The predicted octanol–water partition coefficient (Wildman–Crippen LogP) is 1.29. The van der Waals surface area contributed by atoms with E-state index >= 15 is 0 Å². The second-order valence-electron chi connectivity index (χ2n) is 4.58. The first-order valence-corrected chi connectivity index (χ1v) is 6.20. The molecule has 1 aromatic rings. The number of aromatic nitrogens is 2. The van der Waals surface area contributed by atoms with E-state index in [0.29, 0.717) is 0 Å². The normalized spacial score (nSPS) is 20.6. The molecule has 1 saturated heterocycles. The molecule has 1 aliphatic rings. The van der Waals surface area contributed by atoms with Crippen LogP contribution in [0.5, 0.6) is 0 Å². The average Bonchev–Trinajstić information content (AvgIpc) is 2.64. The van der Waals surface area contributed by atoms with Crippen molar-refractivity contribution < 1.29 is 0 Å². The maximum absolute atomic E-state index is 4.52. The van der Waals surface area contributed by atoms with Gasteiger partial charge in [-0.25, -0.2) is 4.98 Å². The fraction of sp³-hybridized carbons (Fsp3) is 0.800. The minimum Gasteiger partial charge on any atom is -0.344 e. The van der Waals surface area contributed by atoms with Gasteiger partial charge in [-0.15, -0.1) is 0 Å². The van der Waals surface area contributed by atoms with Crippen LogP contribution in [-0.2, 0) is 6.42 Å². The van der Waals surface area contributed by atoms with E-state index in [4.69, 9.17) is 0 Å². The van der Waals surface area contributed by atoms with Crippen molar-refractivity contribution in [3.05, 3.63) is 5.82 Å². The summed E-state index contributed by atoms with van der Waals surface area (Å²) in [4.78, 5) is 6.85. The van der Waals surface area contributed by atoms with Gasteiger partial charge in [-0.2, -0.15) is 4.37 Å². The van der Waals surface area contributed by atoms with Crippen LogP contribution < -0.4 is 10.2 Å². The summed E-state index contributed by atoms with van der Waals surface area (Å²) in [7, 11) is 0. The molecule has 0 radical (unpaired) electrons. The molecule has 1 N–H and O–H groups in total. The molecule has 0 atom stereocenters. The highest BCUT2D eigenvalue weighted by Crippen LogP contribution is 2.21. The van der Waals surface area contributed by atoms with Gasteiger partial charge < -0.3 is 10.2 Å². The zero-order valence-electron chi connectivity index (χ0n) is 9.58. The van der Waals surface area contributed by atoms with E-state index < -0.39 is 0 Å². The van der Waals surface area contributed by atoms with Gasteiger partial charge in [0, 0.05) is 43.1 Å². The largest absolute Gasteiger partial charge is 0.344 e. The molecule has 0 spiro atoms. The first-order chi connectivity index (χ1) is 7.11. The van der Waals surface area contributed by atoms with E-state index in [1.54, 1.807) is 0 Å². The third-order valence-corrected chi connectivity index (χ3v) is 3.43. The number of hydrogen-bond donors (Lipinski definition) is 1. The second-order valence-corrected chi connectivity index (χ2v) is 5.31. The van der Waals surface area contributed by atoms with Crippen molar-refractivity contribution in [2.75, 3.05) is 24.5 Å². The van der Waals surface area contributed by atoms with Crippen LogP contribution in [0.1, 0.15) is 26.6 Å². The Morgan fingerprint density at radius 3 is 2.93 bits per heavy atom. The number of anilines is 1. The lowest BCUT2D eigenvalue weighted by Gasteiger charge is -2.38. The Hall–Kier alpha value is -0.680. The van der Waals surface area contributed by atoms with Crippen molar-refractivity contribution in [2.24, 2.45) is 0 Å². The fourth-order valence-electron chi connectivity index (χ4n) is 1.82. The Morgan fingerprint density at radius 1 is 1.53 bits per heavy atom. The van der Waals surface area contributed by atoms with Gasteiger partial charge in [-0.3, -0.25) is 0 Å². The zero-order chi connectivity index (χ0) is 10.9. The lowest BCUT2D eigenvalue weighted by atomic mass is 10.0. The molecule has 1 aromatic heterocycles. The summed E-state index contributed by atoms with van der Waals surface area (Å²) in [6, 6.07) is 0. The Balaban J connectivity index is 2.10. The molecule has 0 aliphatic carbocycles. The van der Waals surface area contributed by atoms with Gasteiger partial charge in [-0.1, -0.05) is 6.92 Å². The molecule has 4 nitrogen and oxygen atoms in total. The van der Waals surface area contributed by atoms with Gasteiger partial charge in [0.2, 0.25) is 5.13 Å². The highest BCUT2D eigenvalue weighted by atomic mass is 32.1. The third-order valence-electron chi connectivity index (χ3n) is 2.62. The highest BCUT2D eigenvalue weighted by molar-refractivity contribution is 7.09. The van der Waals surface area contributed by atoms with Crippen LogP contribution in [0.25, 0.3) is 0 Å². The predicted molar refractivity (Wildman–Crippen MR) is 63.6 cm³/mol. The van der Waals surface area contributed by atoms with E-state index in [9.17, 15) is 0 Å². The van der Waals surface area contributed by atoms with Crippen LogP contribution in [0.3, 0.4) is 0 Å². The molecule has 2 rings (SSSR count). The number of nitrogens with zero attached hydrogens (tertiary/aromatic N) is 3. The molecule has 0 amide bonds. The van der Waals surface area contributed by atoms with Crippen LogP contribution in [0.2, 0.25) is 0 Å². The SMILES string of the molecule is CCc1nsc(N2CCNC(C)(C)C2)n1. The molecule has 2 heterocycles. The standard InChI is InChI=1S/C10H18N4S/c1-4-8-12-9(15-13-8)14-6-5-11-10(2,3)7-14/h11H,4-7H2,1-3H3. The molecule has 0 aromatic carbocycles. The summed E-state index contributed by atoms with van der Waals surface area (Å²) in [5, 5.41) is 4.56. The Bertz CT molecular complexity index is 334. The quantitative estimate of drug-likeness (QED) is 0.825. The molecule has 1 aliphatic heterocycles. The second kappa shape index (κ2) is 4.06. The topological polar surface area (TPSA) is 41.1 Å². The number of nitrogens with one attached hydrogen (secondary N) is 1. The molecule has 15 heavy (non-hydrogen) atoms. The van der Waals surface area contributed by atoms with Crippen LogP contribution in [0, 0.1) is 0 Å².